The standard InChI is InChI=1S/C47H90NO8P/c1-6-8-10-12-14-16-18-20-22-23-24-26-28-30-32-34-36-38-40-47(50)56-45(44-55-57(51,52)54-42-41-48(3,4)5)43-53-46(49)39-37-35-33-31-29-27-25-21-19-17-15-13-11-9-7-2/h15,17,21,25,45H,6-14,16,18-20,22-24,26-44H2,1-5H3/p+1/b17-15-,25-21-/t45-/m1/s1. The fraction of sp³-hybridized carbons (Fsp3) is 0.872. The van der Waals surface area contributed by atoms with Crippen LogP contribution in [0.1, 0.15) is 213 Å². The quantitative estimate of drug-likeness (QED) is 0.0213. The Morgan fingerprint density at radius 3 is 1.42 bits per heavy atom. The molecule has 0 saturated carbocycles. The number of allylic oxidation sites excluding steroid dienone is 4. The van der Waals surface area contributed by atoms with Gasteiger partial charge in [0.2, 0.25) is 0 Å². The number of likely N-dealkylation sites (N-methyl/N-ethyl adjacent to an activating group) is 1. The zero-order valence-electron chi connectivity index (χ0n) is 37.8. The number of unbranched alkanes of at least 4 members (excludes halogenated alkanes) is 25. The first-order valence-corrected chi connectivity index (χ1v) is 25.1. The number of phosphoric ester groups is 1. The highest BCUT2D eigenvalue weighted by molar-refractivity contribution is 7.47. The summed E-state index contributed by atoms with van der Waals surface area (Å²) in [5.41, 5.74) is 0. The molecular weight excluding hydrogens is 737 g/mol. The largest absolute Gasteiger partial charge is 0.472 e. The summed E-state index contributed by atoms with van der Waals surface area (Å²) in [6.45, 7) is 4.41. The van der Waals surface area contributed by atoms with Crippen molar-refractivity contribution in [2.45, 2.75) is 219 Å². The summed E-state index contributed by atoms with van der Waals surface area (Å²) in [5, 5.41) is 0. The summed E-state index contributed by atoms with van der Waals surface area (Å²) in [4.78, 5) is 35.4. The van der Waals surface area contributed by atoms with Crippen LogP contribution in [0.5, 0.6) is 0 Å². The molecule has 0 radical (unpaired) electrons. The Labute approximate surface area is 351 Å². The molecule has 0 aromatic heterocycles. The lowest BCUT2D eigenvalue weighted by Crippen LogP contribution is -2.37. The molecule has 2 atom stereocenters. The molecule has 0 aliphatic carbocycles. The molecule has 0 spiro atoms. The van der Waals surface area contributed by atoms with Crippen molar-refractivity contribution in [2.75, 3.05) is 47.5 Å². The van der Waals surface area contributed by atoms with Crippen molar-refractivity contribution in [1.82, 2.24) is 0 Å². The van der Waals surface area contributed by atoms with Gasteiger partial charge in [0.1, 0.15) is 19.8 Å². The lowest BCUT2D eigenvalue weighted by molar-refractivity contribution is -0.870. The number of phosphoric acid groups is 1. The van der Waals surface area contributed by atoms with Crippen LogP contribution in [0.4, 0.5) is 0 Å². The zero-order chi connectivity index (χ0) is 42.1. The summed E-state index contributed by atoms with van der Waals surface area (Å²) in [6.07, 6.45) is 43.6. The maximum absolute atomic E-state index is 12.7. The molecular formula is C47H91NO8P+. The molecule has 0 amide bonds. The van der Waals surface area contributed by atoms with E-state index in [4.69, 9.17) is 18.5 Å². The smallest absolute Gasteiger partial charge is 0.462 e. The van der Waals surface area contributed by atoms with Crippen LogP contribution in [-0.2, 0) is 32.7 Å². The Morgan fingerprint density at radius 2 is 0.947 bits per heavy atom. The number of quaternary nitrogens is 1. The summed E-state index contributed by atoms with van der Waals surface area (Å²) in [7, 11) is 1.48. The second-order valence-electron chi connectivity index (χ2n) is 17.1. The first-order chi connectivity index (χ1) is 27.5. The van der Waals surface area contributed by atoms with E-state index in [1.807, 2.05) is 21.1 Å². The zero-order valence-corrected chi connectivity index (χ0v) is 38.7. The Morgan fingerprint density at radius 1 is 0.544 bits per heavy atom. The van der Waals surface area contributed by atoms with Crippen LogP contribution in [0, 0.1) is 0 Å². The minimum Gasteiger partial charge on any atom is -0.462 e. The normalized spacial score (nSPS) is 13.7. The van der Waals surface area contributed by atoms with Crippen LogP contribution >= 0.6 is 7.82 Å². The first kappa shape index (κ1) is 55.5. The minimum atomic E-state index is -4.38. The lowest BCUT2D eigenvalue weighted by atomic mass is 10.0. The van der Waals surface area contributed by atoms with E-state index in [1.165, 1.54) is 122 Å². The summed E-state index contributed by atoms with van der Waals surface area (Å²) < 4.78 is 34.4. The van der Waals surface area contributed by atoms with Crippen molar-refractivity contribution in [2.24, 2.45) is 0 Å². The summed E-state index contributed by atoms with van der Waals surface area (Å²) in [5.74, 6) is -0.805. The SMILES string of the molecule is CCCCC/C=C\C/C=C\CCCCCCCC(=O)OC[C@H](COP(=O)(O)OCC[N+](C)(C)C)OC(=O)CCCCCCCCCCCCCCCCCCCC. The monoisotopic (exact) mass is 829 g/mol. The maximum Gasteiger partial charge on any atom is 0.472 e. The van der Waals surface area contributed by atoms with Gasteiger partial charge in [-0.25, -0.2) is 4.57 Å². The van der Waals surface area contributed by atoms with Crippen LogP contribution in [-0.4, -0.2) is 74.9 Å². The first-order valence-electron chi connectivity index (χ1n) is 23.6. The second kappa shape index (κ2) is 39.9. The van der Waals surface area contributed by atoms with Gasteiger partial charge >= 0.3 is 19.8 Å². The van der Waals surface area contributed by atoms with Crippen LogP contribution in [0.25, 0.3) is 0 Å². The average molecular weight is 829 g/mol. The van der Waals surface area contributed by atoms with Crippen LogP contribution in [0.2, 0.25) is 0 Å². The minimum absolute atomic E-state index is 0.0314. The predicted octanol–water partition coefficient (Wildman–Crippen LogP) is 13.5. The third kappa shape index (κ3) is 43.9. The Hall–Kier alpha value is -1.51. The Bertz CT molecular complexity index is 1030. The lowest BCUT2D eigenvalue weighted by Gasteiger charge is -2.24. The van der Waals surface area contributed by atoms with Crippen LogP contribution < -0.4 is 0 Å². The highest BCUT2D eigenvalue weighted by atomic mass is 31.2. The molecule has 9 nitrogen and oxygen atoms in total. The molecule has 57 heavy (non-hydrogen) atoms. The van der Waals surface area contributed by atoms with Gasteiger partial charge in [0.15, 0.2) is 6.10 Å². The highest BCUT2D eigenvalue weighted by Gasteiger charge is 2.27. The van der Waals surface area contributed by atoms with Crippen molar-refractivity contribution >= 4 is 19.8 Å². The molecule has 0 aliphatic heterocycles. The molecule has 0 aliphatic rings. The van der Waals surface area contributed by atoms with E-state index in [1.54, 1.807) is 0 Å². The number of hydrogen-bond acceptors (Lipinski definition) is 7. The molecule has 0 heterocycles. The average Bonchev–Trinajstić information content (AvgIpc) is 3.16. The van der Waals surface area contributed by atoms with Gasteiger partial charge < -0.3 is 18.9 Å². The molecule has 0 bridgehead atoms. The molecule has 0 aromatic rings. The van der Waals surface area contributed by atoms with E-state index in [2.05, 4.69) is 38.2 Å². The number of hydrogen-bond donors (Lipinski definition) is 1. The second-order valence-corrected chi connectivity index (χ2v) is 18.6. The van der Waals surface area contributed by atoms with E-state index in [0.29, 0.717) is 17.4 Å². The third-order valence-corrected chi connectivity index (χ3v) is 11.2. The van der Waals surface area contributed by atoms with Gasteiger partial charge in [-0.2, -0.15) is 0 Å². The molecule has 0 rings (SSSR count). The summed E-state index contributed by atoms with van der Waals surface area (Å²) in [6, 6.07) is 0. The van der Waals surface area contributed by atoms with E-state index in [0.717, 1.165) is 57.8 Å². The molecule has 10 heteroatoms. The fourth-order valence-corrected chi connectivity index (χ4v) is 7.26. The van der Waals surface area contributed by atoms with Crippen molar-refractivity contribution in [3.63, 3.8) is 0 Å². The third-order valence-electron chi connectivity index (χ3n) is 10.2. The van der Waals surface area contributed by atoms with Gasteiger partial charge in [0.05, 0.1) is 27.7 Å². The molecule has 0 fully saturated rings. The number of esters is 2. The Kier molecular flexibility index (Phi) is 38.9. The number of nitrogens with zero attached hydrogens (tertiary/aromatic N) is 1. The van der Waals surface area contributed by atoms with Gasteiger partial charge in [-0.15, -0.1) is 0 Å². The number of carbonyl (C=O) groups excluding carboxylic acids is 2. The predicted molar refractivity (Wildman–Crippen MR) is 238 cm³/mol. The van der Waals surface area contributed by atoms with Crippen molar-refractivity contribution in [3.05, 3.63) is 24.3 Å². The van der Waals surface area contributed by atoms with E-state index in [9.17, 15) is 19.0 Å². The molecule has 1 unspecified atom stereocenters. The number of carbonyl (C=O) groups is 2. The topological polar surface area (TPSA) is 108 Å². The molecule has 0 saturated heterocycles. The van der Waals surface area contributed by atoms with E-state index in [-0.39, 0.29) is 32.0 Å². The van der Waals surface area contributed by atoms with Crippen LogP contribution in [0.15, 0.2) is 24.3 Å². The van der Waals surface area contributed by atoms with E-state index < -0.39 is 26.5 Å². The van der Waals surface area contributed by atoms with Crippen molar-refractivity contribution < 1.29 is 42.1 Å². The van der Waals surface area contributed by atoms with Gasteiger partial charge in [-0.3, -0.25) is 18.6 Å². The van der Waals surface area contributed by atoms with Gasteiger partial charge in [0.25, 0.3) is 0 Å². The van der Waals surface area contributed by atoms with E-state index >= 15 is 0 Å². The number of ether oxygens (including phenoxy) is 2. The molecule has 0 aromatic carbocycles. The van der Waals surface area contributed by atoms with Gasteiger partial charge in [-0.1, -0.05) is 179 Å². The highest BCUT2D eigenvalue weighted by Crippen LogP contribution is 2.43. The maximum atomic E-state index is 12.7. The van der Waals surface area contributed by atoms with Crippen LogP contribution in [0.3, 0.4) is 0 Å². The van der Waals surface area contributed by atoms with Crippen molar-refractivity contribution in [3.8, 4) is 0 Å². The molecule has 336 valence electrons. The van der Waals surface area contributed by atoms with Gasteiger partial charge in [-0.05, 0) is 44.9 Å². The van der Waals surface area contributed by atoms with Gasteiger partial charge in [0, 0.05) is 12.8 Å². The fourth-order valence-electron chi connectivity index (χ4n) is 6.52. The number of rotatable bonds is 43. The Balaban J connectivity index is 4.31. The summed E-state index contributed by atoms with van der Waals surface area (Å²) >= 11 is 0. The molecule has 1 N–H and O–H groups in total. The van der Waals surface area contributed by atoms with Crippen molar-refractivity contribution in [1.29, 1.82) is 0 Å².